The number of hydrogen-bond acceptors (Lipinski definition) is 3. The Morgan fingerprint density at radius 3 is 2.29 bits per heavy atom. The standard InChI is InChI=1S/C32H42N4O2/c1-22(2)24-8-10-25(11-9-24)32(14-17-34(18-15-32)31(37)38)16-19-35-26-12-13-27(35)21-28(20-26)36-23(3)33-29-6-4-5-7-30(29)36/h4-11,22,26-28H,12-21H2,1-3H3,(H,37,38)/t26-,27+,28?. The van der Waals surface area contributed by atoms with Crippen LogP contribution in [0.5, 0.6) is 0 Å². The number of rotatable bonds is 6. The molecule has 3 atom stereocenters. The molecule has 6 rings (SSSR count). The van der Waals surface area contributed by atoms with Crippen LogP contribution in [-0.2, 0) is 5.41 Å². The van der Waals surface area contributed by atoms with Gasteiger partial charge in [-0.3, -0.25) is 4.90 Å². The zero-order valence-corrected chi connectivity index (χ0v) is 23.1. The molecule has 2 aromatic carbocycles. The van der Waals surface area contributed by atoms with Crippen molar-refractivity contribution in [3.63, 3.8) is 0 Å². The summed E-state index contributed by atoms with van der Waals surface area (Å²) >= 11 is 0. The summed E-state index contributed by atoms with van der Waals surface area (Å²) in [6.45, 7) is 9.00. The Bertz CT molecular complexity index is 1270. The van der Waals surface area contributed by atoms with Gasteiger partial charge in [-0.1, -0.05) is 50.2 Å². The van der Waals surface area contributed by atoms with E-state index in [1.165, 1.54) is 42.3 Å². The molecule has 1 N–H and O–H groups in total. The quantitative estimate of drug-likeness (QED) is 0.396. The first-order valence-electron chi connectivity index (χ1n) is 14.6. The summed E-state index contributed by atoms with van der Waals surface area (Å²) < 4.78 is 2.51. The van der Waals surface area contributed by atoms with E-state index in [1.54, 1.807) is 4.90 Å². The van der Waals surface area contributed by atoms with Gasteiger partial charge in [0.05, 0.1) is 11.0 Å². The minimum Gasteiger partial charge on any atom is -0.465 e. The molecule has 1 amide bonds. The number of carbonyl (C=O) groups is 1. The second-order valence-corrected chi connectivity index (χ2v) is 12.3. The van der Waals surface area contributed by atoms with Crippen LogP contribution in [0.25, 0.3) is 11.0 Å². The summed E-state index contributed by atoms with van der Waals surface area (Å²) in [5.74, 6) is 1.65. The Kier molecular flexibility index (Phi) is 6.71. The van der Waals surface area contributed by atoms with Crippen LogP contribution in [0, 0.1) is 6.92 Å². The van der Waals surface area contributed by atoms with Crippen LogP contribution in [0.15, 0.2) is 48.5 Å². The summed E-state index contributed by atoms with van der Waals surface area (Å²) in [6, 6.07) is 19.6. The Morgan fingerprint density at radius 1 is 1.00 bits per heavy atom. The number of likely N-dealkylation sites (tertiary alicyclic amines) is 1. The van der Waals surface area contributed by atoms with Crippen LogP contribution in [0.2, 0.25) is 0 Å². The number of hydrogen-bond donors (Lipinski definition) is 1. The van der Waals surface area contributed by atoms with Crippen molar-refractivity contribution < 1.29 is 9.90 Å². The Balaban J connectivity index is 1.20. The van der Waals surface area contributed by atoms with E-state index in [2.05, 4.69) is 78.8 Å². The molecule has 0 aliphatic carbocycles. The van der Waals surface area contributed by atoms with Crippen molar-refractivity contribution in [3.05, 3.63) is 65.5 Å². The highest BCUT2D eigenvalue weighted by atomic mass is 16.4. The molecule has 2 bridgehead atoms. The Hall–Kier alpha value is -2.86. The predicted octanol–water partition coefficient (Wildman–Crippen LogP) is 6.74. The number of imidazole rings is 1. The molecule has 38 heavy (non-hydrogen) atoms. The molecule has 3 aromatic rings. The monoisotopic (exact) mass is 514 g/mol. The normalized spacial score (nSPS) is 25.4. The molecular formula is C32H42N4O2. The molecule has 3 aliphatic rings. The van der Waals surface area contributed by atoms with E-state index in [4.69, 9.17) is 4.98 Å². The molecule has 1 aromatic heterocycles. The summed E-state index contributed by atoms with van der Waals surface area (Å²) in [5.41, 5.74) is 5.20. The lowest BCUT2D eigenvalue weighted by Gasteiger charge is -2.45. The lowest BCUT2D eigenvalue weighted by atomic mass is 9.70. The van der Waals surface area contributed by atoms with Crippen molar-refractivity contribution in [3.8, 4) is 0 Å². The summed E-state index contributed by atoms with van der Waals surface area (Å²) in [4.78, 5) is 20.9. The second kappa shape index (κ2) is 10.0. The summed E-state index contributed by atoms with van der Waals surface area (Å²) in [5, 5.41) is 9.59. The molecule has 3 saturated heterocycles. The topological polar surface area (TPSA) is 61.6 Å². The Labute approximate surface area is 226 Å². The molecule has 6 nitrogen and oxygen atoms in total. The van der Waals surface area contributed by atoms with Gasteiger partial charge in [-0.15, -0.1) is 0 Å². The maximum Gasteiger partial charge on any atom is 0.407 e. The van der Waals surface area contributed by atoms with E-state index in [1.807, 2.05) is 0 Å². The van der Waals surface area contributed by atoms with Crippen LogP contribution in [0.3, 0.4) is 0 Å². The van der Waals surface area contributed by atoms with Gasteiger partial charge in [0.1, 0.15) is 5.82 Å². The van der Waals surface area contributed by atoms with Crippen molar-refractivity contribution in [2.75, 3.05) is 19.6 Å². The fourth-order valence-corrected chi connectivity index (χ4v) is 7.82. The van der Waals surface area contributed by atoms with Crippen molar-refractivity contribution >= 4 is 17.1 Å². The largest absolute Gasteiger partial charge is 0.465 e. The average molecular weight is 515 g/mol. The third-order valence-electron chi connectivity index (χ3n) is 10.0. The minimum atomic E-state index is -0.781. The summed E-state index contributed by atoms with van der Waals surface area (Å²) in [7, 11) is 0. The number of benzene rings is 2. The number of aromatic nitrogens is 2. The molecular weight excluding hydrogens is 472 g/mol. The van der Waals surface area contributed by atoms with E-state index < -0.39 is 6.09 Å². The third kappa shape index (κ3) is 4.51. The SMILES string of the molecule is Cc1nc2ccccc2n1C1C[C@H]2CC[C@@H](C1)N2CCC1(c2ccc(C(C)C)cc2)CCN(C(=O)O)CC1. The van der Waals surface area contributed by atoms with Gasteiger partial charge in [-0.05, 0) is 93.0 Å². The summed E-state index contributed by atoms with van der Waals surface area (Å²) in [6.07, 6.45) is 7.11. The van der Waals surface area contributed by atoms with E-state index in [0.717, 1.165) is 37.1 Å². The fourth-order valence-electron chi connectivity index (χ4n) is 7.82. The molecule has 202 valence electrons. The molecule has 0 spiro atoms. The molecule has 4 heterocycles. The first-order valence-corrected chi connectivity index (χ1v) is 14.6. The van der Waals surface area contributed by atoms with Gasteiger partial charge < -0.3 is 14.6 Å². The van der Waals surface area contributed by atoms with Crippen molar-refractivity contribution in [2.24, 2.45) is 0 Å². The highest BCUT2D eigenvalue weighted by Crippen LogP contribution is 2.45. The smallest absolute Gasteiger partial charge is 0.407 e. The van der Waals surface area contributed by atoms with E-state index in [-0.39, 0.29) is 5.41 Å². The van der Waals surface area contributed by atoms with Crippen LogP contribution >= 0.6 is 0 Å². The molecule has 3 aliphatic heterocycles. The van der Waals surface area contributed by atoms with Crippen LogP contribution in [0.4, 0.5) is 4.79 Å². The van der Waals surface area contributed by atoms with Gasteiger partial charge in [0.15, 0.2) is 0 Å². The van der Waals surface area contributed by atoms with Crippen LogP contribution < -0.4 is 0 Å². The Morgan fingerprint density at radius 2 is 1.66 bits per heavy atom. The second-order valence-electron chi connectivity index (χ2n) is 12.3. The van der Waals surface area contributed by atoms with Gasteiger partial charge in [0.2, 0.25) is 0 Å². The first kappa shape index (κ1) is 25.4. The number of nitrogens with zero attached hydrogens (tertiary/aromatic N) is 4. The van der Waals surface area contributed by atoms with Crippen molar-refractivity contribution in [2.45, 2.75) is 95.2 Å². The number of piperidine rings is 2. The number of para-hydroxylation sites is 2. The first-order chi connectivity index (χ1) is 18.3. The molecule has 6 heteroatoms. The van der Waals surface area contributed by atoms with Gasteiger partial charge in [0, 0.05) is 31.2 Å². The van der Waals surface area contributed by atoms with Gasteiger partial charge in [-0.25, -0.2) is 9.78 Å². The molecule has 1 unspecified atom stereocenters. The van der Waals surface area contributed by atoms with Crippen LogP contribution in [-0.4, -0.2) is 62.3 Å². The molecule has 0 saturated carbocycles. The lowest BCUT2D eigenvalue weighted by molar-refractivity contribution is 0.0800. The van der Waals surface area contributed by atoms with Crippen molar-refractivity contribution in [1.82, 2.24) is 19.4 Å². The van der Waals surface area contributed by atoms with Gasteiger partial charge in [-0.2, -0.15) is 0 Å². The lowest BCUT2D eigenvalue weighted by Crippen LogP contribution is -2.48. The fraction of sp³-hybridized carbons (Fsp3) is 0.562. The van der Waals surface area contributed by atoms with Gasteiger partial charge in [0.25, 0.3) is 0 Å². The van der Waals surface area contributed by atoms with E-state index in [9.17, 15) is 9.90 Å². The number of carboxylic acid groups (broad SMARTS) is 1. The zero-order valence-electron chi connectivity index (χ0n) is 23.1. The molecule has 0 radical (unpaired) electrons. The minimum absolute atomic E-state index is 0.0505. The van der Waals surface area contributed by atoms with E-state index in [0.29, 0.717) is 37.1 Å². The van der Waals surface area contributed by atoms with Crippen molar-refractivity contribution in [1.29, 1.82) is 0 Å². The zero-order chi connectivity index (χ0) is 26.4. The number of amides is 1. The number of fused-ring (bicyclic) bond motifs is 3. The van der Waals surface area contributed by atoms with Crippen LogP contribution in [0.1, 0.15) is 87.7 Å². The number of aryl methyl sites for hydroxylation is 1. The highest BCUT2D eigenvalue weighted by Gasteiger charge is 2.44. The average Bonchev–Trinajstić information content (AvgIpc) is 3.38. The maximum atomic E-state index is 11.7. The van der Waals surface area contributed by atoms with Gasteiger partial charge >= 0.3 is 6.09 Å². The third-order valence-corrected chi connectivity index (χ3v) is 10.0. The predicted molar refractivity (Wildman–Crippen MR) is 152 cm³/mol. The highest BCUT2D eigenvalue weighted by molar-refractivity contribution is 5.76. The maximum absolute atomic E-state index is 11.7. The molecule has 3 fully saturated rings. The van der Waals surface area contributed by atoms with E-state index >= 15 is 0 Å².